The highest BCUT2D eigenvalue weighted by atomic mass is 32.2. The standard InChI is InChI=1S/C18H24N2O5S2/c1-23-15-3-4-17(24-2)18(11-15)27(21,22)19-12-16(14-5-10-26-13-14)20-6-8-25-9-7-20/h3-5,10-11,13,16,19H,6-9,12H2,1-2H3/t16-/m0/s1. The number of methoxy groups -OCH3 is 2. The van der Waals surface area contributed by atoms with Crippen LogP contribution in [0.5, 0.6) is 11.5 Å². The molecule has 3 rings (SSSR count). The van der Waals surface area contributed by atoms with Gasteiger partial charge in [-0.25, -0.2) is 13.1 Å². The normalized spacial score (nSPS) is 16.8. The van der Waals surface area contributed by atoms with Gasteiger partial charge in [-0.2, -0.15) is 11.3 Å². The van der Waals surface area contributed by atoms with Crippen molar-refractivity contribution in [2.75, 3.05) is 47.1 Å². The van der Waals surface area contributed by atoms with Crippen LogP contribution in [-0.2, 0) is 14.8 Å². The molecule has 148 valence electrons. The Labute approximate surface area is 163 Å². The number of nitrogens with zero attached hydrogens (tertiary/aromatic N) is 1. The van der Waals surface area contributed by atoms with Crippen molar-refractivity contribution in [2.24, 2.45) is 0 Å². The maximum Gasteiger partial charge on any atom is 0.244 e. The highest BCUT2D eigenvalue weighted by Crippen LogP contribution is 2.29. The van der Waals surface area contributed by atoms with E-state index in [0.29, 0.717) is 19.0 Å². The minimum absolute atomic E-state index is 0.0495. The van der Waals surface area contributed by atoms with E-state index in [1.165, 1.54) is 20.3 Å². The third kappa shape index (κ3) is 4.80. The smallest absolute Gasteiger partial charge is 0.244 e. The van der Waals surface area contributed by atoms with Crippen LogP contribution in [0.1, 0.15) is 11.6 Å². The summed E-state index contributed by atoms with van der Waals surface area (Å²) >= 11 is 1.60. The van der Waals surface area contributed by atoms with Gasteiger partial charge in [-0.15, -0.1) is 0 Å². The predicted octanol–water partition coefficient (Wildman–Crippen LogP) is 2.12. The second-order valence-electron chi connectivity index (χ2n) is 6.09. The predicted molar refractivity (Wildman–Crippen MR) is 104 cm³/mol. The number of ether oxygens (including phenoxy) is 3. The van der Waals surface area contributed by atoms with Gasteiger partial charge in [-0.05, 0) is 34.5 Å². The van der Waals surface area contributed by atoms with Crippen LogP contribution in [0.4, 0.5) is 0 Å². The fraction of sp³-hybridized carbons (Fsp3) is 0.444. The Morgan fingerprint density at radius 3 is 2.63 bits per heavy atom. The molecule has 1 aromatic heterocycles. The van der Waals surface area contributed by atoms with Crippen LogP contribution in [0.2, 0.25) is 0 Å². The van der Waals surface area contributed by atoms with Crippen molar-refractivity contribution in [1.82, 2.24) is 9.62 Å². The topological polar surface area (TPSA) is 77.1 Å². The summed E-state index contributed by atoms with van der Waals surface area (Å²) in [6.07, 6.45) is 0. The Hall–Kier alpha value is -1.65. The van der Waals surface area contributed by atoms with Crippen LogP contribution in [0.3, 0.4) is 0 Å². The van der Waals surface area contributed by atoms with Crippen molar-refractivity contribution in [3.8, 4) is 11.5 Å². The van der Waals surface area contributed by atoms with E-state index in [9.17, 15) is 8.42 Å². The van der Waals surface area contributed by atoms with E-state index in [-0.39, 0.29) is 23.2 Å². The second-order valence-corrected chi connectivity index (χ2v) is 8.60. The lowest BCUT2D eigenvalue weighted by atomic mass is 10.1. The highest BCUT2D eigenvalue weighted by Gasteiger charge is 2.27. The second kappa shape index (κ2) is 9.03. The zero-order valence-corrected chi connectivity index (χ0v) is 17.0. The summed E-state index contributed by atoms with van der Waals surface area (Å²) < 4.78 is 44.5. The Balaban J connectivity index is 1.82. The zero-order valence-electron chi connectivity index (χ0n) is 15.4. The minimum atomic E-state index is -3.77. The van der Waals surface area contributed by atoms with Gasteiger partial charge in [0.05, 0.1) is 27.4 Å². The molecule has 0 amide bonds. The number of sulfonamides is 1. The summed E-state index contributed by atoms with van der Waals surface area (Å²) in [4.78, 5) is 2.31. The Bertz CT molecular complexity index is 833. The largest absolute Gasteiger partial charge is 0.497 e. The van der Waals surface area contributed by atoms with Crippen LogP contribution in [0.25, 0.3) is 0 Å². The van der Waals surface area contributed by atoms with Crippen LogP contribution >= 0.6 is 11.3 Å². The first kappa shape index (κ1) is 20.1. The van der Waals surface area contributed by atoms with E-state index >= 15 is 0 Å². The summed E-state index contributed by atoms with van der Waals surface area (Å²) in [7, 11) is -0.826. The molecule has 1 aromatic carbocycles. The van der Waals surface area contributed by atoms with E-state index in [1.807, 2.05) is 11.4 Å². The summed E-state index contributed by atoms with van der Waals surface area (Å²) in [6, 6.07) is 6.71. The van der Waals surface area contributed by atoms with E-state index in [4.69, 9.17) is 14.2 Å². The molecule has 0 radical (unpaired) electrons. The van der Waals surface area contributed by atoms with Gasteiger partial charge in [0.15, 0.2) is 0 Å². The van der Waals surface area contributed by atoms with Crippen LogP contribution in [0, 0.1) is 0 Å². The molecule has 0 aliphatic carbocycles. The van der Waals surface area contributed by atoms with E-state index in [2.05, 4.69) is 15.0 Å². The molecule has 2 heterocycles. The van der Waals surface area contributed by atoms with Crippen LogP contribution < -0.4 is 14.2 Å². The van der Waals surface area contributed by atoms with E-state index in [0.717, 1.165) is 18.7 Å². The molecule has 0 saturated carbocycles. The Kier molecular flexibility index (Phi) is 6.72. The van der Waals surface area contributed by atoms with Crippen molar-refractivity contribution < 1.29 is 22.6 Å². The molecule has 7 nitrogen and oxygen atoms in total. The molecule has 9 heteroatoms. The number of hydrogen-bond acceptors (Lipinski definition) is 7. The first-order chi connectivity index (χ1) is 13.0. The first-order valence-corrected chi connectivity index (χ1v) is 11.0. The average Bonchev–Trinajstić information content (AvgIpc) is 3.23. The third-order valence-corrected chi connectivity index (χ3v) is 6.69. The monoisotopic (exact) mass is 412 g/mol. The number of benzene rings is 1. The molecule has 1 aliphatic heterocycles. The zero-order chi connectivity index (χ0) is 19.3. The average molecular weight is 413 g/mol. The number of morpholine rings is 1. The summed E-state index contributed by atoms with van der Waals surface area (Å²) in [6.45, 7) is 3.10. The van der Waals surface area contributed by atoms with Crippen molar-refractivity contribution in [3.63, 3.8) is 0 Å². The summed E-state index contributed by atoms with van der Waals surface area (Å²) in [5, 5.41) is 4.06. The molecule has 27 heavy (non-hydrogen) atoms. The SMILES string of the molecule is COc1ccc(OC)c(S(=O)(=O)NC[C@@H](c2ccsc2)N2CCOCC2)c1. The first-order valence-electron chi connectivity index (χ1n) is 8.60. The van der Waals surface area contributed by atoms with Crippen LogP contribution in [-0.4, -0.2) is 60.4 Å². The van der Waals surface area contributed by atoms with E-state index < -0.39 is 10.0 Å². The molecule has 0 spiro atoms. The lowest BCUT2D eigenvalue weighted by Crippen LogP contribution is -2.43. The molecular formula is C18H24N2O5S2. The van der Waals surface area contributed by atoms with Crippen molar-refractivity contribution >= 4 is 21.4 Å². The molecule has 0 bridgehead atoms. The molecule has 1 aliphatic rings. The van der Waals surface area contributed by atoms with Gasteiger partial charge in [-0.3, -0.25) is 4.90 Å². The number of rotatable bonds is 8. The number of nitrogens with one attached hydrogen (secondary N) is 1. The van der Waals surface area contributed by atoms with Crippen molar-refractivity contribution in [3.05, 3.63) is 40.6 Å². The number of thiophene rings is 1. The molecule has 1 fully saturated rings. The van der Waals surface area contributed by atoms with Crippen molar-refractivity contribution in [2.45, 2.75) is 10.9 Å². The van der Waals surface area contributed by atoms with Crippen LogP contribution in [0.15, 0.2) is 39.9 Å². The minimum Gasteiger partial charge on any atom is -0.497 e. The highest BCUT2D eigenvalue weighted by molar-refractivity contribution is 7.89. The summed E-state index contributed by atoms with van der Waals surface area (Å²) in [5.41, 5.74) is 1.10. The fourth-order valence-electron chi connectivity index (χ4n) is 3.07. The summed E-state index contributed by atoms with van der Waals surface area (Å²) in [5.74, 6) is 0.737. The quantitative estimate of drug-likeness (QED) is 0.716. The molecule has 1 saturated heterocycles. The molecule has 1 atom stereocenters. The lowest BCUT2D eigenvalue weighted by molar-refractivity contribution is 0.0173. The van der Waals surface area contributed by atoms with Gasteiger partial charge in [-0.1, -0.05) is 0 Å². The fourth-order valence-corrected chi connectivity index (χ4v) is 5.00. The molecule has 1 N–H and O–H groups in total. The van der Waals surface area contributed by atoms with Gasteiger partial charge >= 0.3 is 0 Å². The van der Waals surface area contributed by atoms with Gasteiger partial charge < -0.3 is 14.2 Å². The van der Waals surface area contributed by atoms with Crippen molar-refractivity contribution in [1.29, 1.82) is 0 Å². The molecule has 2 aromatic rings. The van der Waals surface area contributed by atoms with Gasteiger partial charge in [0.25, 0.3) is 0 Å². The molecule has 0 unspecified atom stereocenters. The maximum absolute atomic E-state index is 12.9. The maximum atomic E-state index is 12.9. The van der Waals surface area contributed by atoms with Gasteiger partial charge in [0, 0.05) is 31.7 Å². The third-order valence-electron chi connectivity index (χ3n) is 4.54. The Morgan fingerprint density at radius 2 is 2.00 bits per heavy atom. The number of hydrogen-bond donors (Lipinski definition) is 1. The van der Waals surface area contributed by atoms with Gasteiger partial charge in [0.1, 0.15) is 16.4 Å². The van der Waals surface area contributed by atoms with Gasteiger partial charge in [0.2, 0.25) is 10.0 Å². The van der Waals surface area contributed by atoms with E-state index in [1.54, 1.807) is 23.5 Å². The Morgan fingerprint density at radius 1 is 1.22 bits per heavy atom. The lowest BCUT2D eigenvalue weighted by Gasteiger charge is -2.34. The molecular weight excluding hydrogens is 388 g/mol.